The number of benzene rings is 2. The van der Waals surface area contributed by atoms with Crippen molar-refractivity contribution in [3.8, 4) is 17.2 Å². The molecule has 2 aliphatic rings. The smallest absolute Gasteiger partial charge is 0.269 e. The SMILES string of the molecule is O=C(NNC(=O)c1ccc2c(c1)OCCO2)c1ccc(OC[C@@H]2CCCO2)cc1. The van der Waals surface area contributed by atoms with Crippen molar-refractivity contribution >= 4 is 11.8 Å². The standard InChI is InChI=1S/C21H22N2O6/c24-20(14-3-6-16(7-4-14)29-13-17-2-1-9-26-17)22-23-21(25)15-5-8-18-19(12-15)28-11-10-27-18/h3-8,12,17H,1-2,9-11,13H2,(H,22,24)(H,23,25)/t17-/m0/s1. The predicted molar refractivity (Wildman–Crippen MR) is 103 cm³/mol. The van der Waals surface area contributed by atoms with E-state index in [0.717, 1.165) is 19.4 Å². The molecule has 1 atom stereocenters. The average Bonchev–Trinajstić information content (AvgIpc) is 3.29. The maximum Gasteiger partial charge on any atom is 0.269 e. The van der Waals surface area contributed by atoms with Crippen LogP contribution in [-0.2, 0) is 4.74 Å². The quantitative estimate of drug-likeness (QED) is 0.749. The lowest BCUT2D eigenvalue weighted by molar-refractivity contribution is 0.0679. The van der Waals surface area contributed by atoms with Gasteiger partial charge >= 0.3 is 0 Å². The molecule has 8 heteroatoms. The van der Waals surface area contributed by atoms with E-state index in [1.807, 2.05) is 0 Å². The monoisotopic (exact) mass is 398 g/mol. The second-order valence-electron chi connectivity index (χ2n) is 6.74. The fourth-order valence-electron chi connectivity index (χ4n) is 3.11. The van der Waals surface area contributed by atoms with Crippen LogP contribution in [0.1, 0.15) is 33.6 Å². The van der Waals surface area contributed by atoms with Crippen LogP contribution in [0.25, 0.3) is 0 Å². The molecule has 0 spiro atoms. The van der Waals surface area contributed by atoms with Gasteiger partial charge in [0.05, 0.1) is 6.10 Å². The fourth-order valence-corrected chi connectivity index (χ4v) is 3.11. The topological polar surface area (TPSA) is 95.1 Å². The number of hydrogen-bond donors (Lipinski definition) is 2. The van der Waals surface area contributed by atoms with E-state index < -0.39 is 11.8 Å². The van der Waals surface area contributed by atoms with Gasteiger partial charge < -0.3 is 18.9 Å². The van der Waals surface area contributed by atoms with Crippen LogP contribution >= 0.6 is 0 Å². The lowest BCUT2D eigenvalue weighted by Gasteiger charge is -2.18. The molecular formula is C21H22N2O6. The van der Waals surface area contributed by atoms with Crippen molar-refractivity contribution in [1.82, 2.24) is 10.9 Å². The highest BCUT2D eigenvalue weighted by Gasteiger charge is 2.17. The summed E-state index contributed by atoms with van der Waals surface area (Å²) >= 11 is 0. The van der Waals surface area contributed by atoms with Crippen LogP contribution in [0.4, 0.5) is 0 Å². The minimum Gasteiger partial charge on any atom is -0.491 e. The summed E-state index contributed by atoms with van der Waals surface area (Å²) < 4.78 is 22.1. The molecule has 0 radical (unpaired) electrons. The van der Waals surface area contributed by atoms with Crippen LogP contribution in [0.15, 0.2) is 42.5 Å². The van der Waals surface area contributed by atoms with Crippen LogP contribution in [0.3, 0.4) is 0 Å². The van der Waals surface area contributed by atoms with E-state index >= 15 is 0 Å². The van der Waals surface area contributed by atoms with Crippen molar-refractivity contribution in [2.45, 2.75) is 18.9 Å². The third-order valence-electron chi connectivity index (χ3n) is 4.67. The number of ether oxygens (including phenoxy) is 4. The van der Waals surface area contributed by atoms with Gasteiger partial charge in [-0.1, -0.05) is 0 Å². The van der Waals surface area contributed by atoms with Gasteiger partial charge in [0.2, 0.25) is 0 Å². The number of hydrazine groups is 1. The van der Waals surface area contributed by atoms with E-state index in [9.17, 15) is 9.59 Å². The van der Waals surface area contributed by atoms with Gasteiger partial charge in [-0.2, -0.15) is 0 Å². The van der Waals surface area contributed by atoms with Crippen molar-refractivity contribution in [1.29, 1.82) is 0 Å². The Morgan fingerprint density at radius 1 is 0.897 bits per heavy atom. The highest BCUT2D eigenvalue weighted by Crippen LogP contribution is 2.30. The highest BCUT2D eigenvalue weighted by atomic mass is 16.6. The third-order valence-corrected chi connectivity index (χ3v) is 4.67. The van der Waals surface area contributed by atoms with Crippen LogP contribution in [0, 0.1) is 0 Å². The molecule has 2 aromatic rings. The first-order chi connectivity index (χ1) is 14.2. The maximum absolute atomic E-state index is 12.3. The molecule has 2 N–H and O–H groups in total. The molecule has 0 bridgehead atoms. The Balaban J connectivity index is 1.28. The maximum atomic E-state index is 12.3. The number of rotatable bonds is 5. The molecule has 152 valence electrons. The van der Waals surface area contributed by atoms with Crippen LogP contribution in [0.2, 0.25) is 0 Å². The van der Waals surface area contributed by atoms with Gasteiger partial charge in [0.1, 0.15) is 25.6 Å². The van der Waals surface area contributed by atoms with Crippen molar-refractivity contribution < 1.29 is 28.5 Å². The zero-order chi connectivity index (χ0) is 20.1. The first-order valence-electron chi connectivity index (χ1n) is 9.54. The number of fused-ring (bicyclic) bond motifs is 1. The Morgan fingerprint density at radius 3 is 2.31 bits per heavy atom. The Kier molecular flexibility index (Phi) is 5.81. The summed E-state index contributed by atoms with van der Waals surface area (Å²) in [6.45, 7) is 2.19. The fraction of sp³-hybridized carbons (Fsp3) is 0.333. The van der Waals surface area contributed by atoms with Gasteiger partial charge in [-0.3, -0.25) is 20.4 Å². The molecule has 1 saturated heterocycles. The summed E-state index contributed by atoms with van der Waals surface area (Å²) in [5.74, 6) is 0.887. The van der Waals surface area contributed by atoms with Gasteiger partial charge in [0, 0.05) is 17.7 Å². The number of carbonyl (C=O) groups excluding carboxylic acids is 2. The molecule has 4 rings (SSSR count). The Bertz CT molecular complexity index is 877. The van der Waals surface area contributed by atoms with E-state index in [2.05, 4.69) is 10.9 Å². The largest absolute Gasteiger partial charge is 0.491 e. The molecule has 0 aromatic heterocycles. The Hall–Kier alpha value is -3.26. The van der Waals surface area contributed by atoms with E-state index in [1.54, 1.807) is 42.5 Å². The third kappa shape index (κ3) is 4.78. The van der Waals surface area contributed by atoms with E-state index in [0.29, 0.717) is 48.2 Å². The summed E-state index contributed by atoms with van der Waals surface area (Å²) in [5.41, 5.74) is 5.55. The molecule has 0 unspecified atom stereocenters. The van der Waals surface area contributed by atoms with Gasteiger partial charge in [0.15, 0.2) is 11.5 Å². The zero-order valence-electron chi connectivity index (χ0n) is 15.8. The van der Waals surface area contributed by atoms with Crippen molar-refractivity contribution in [2.75, 3.05) is 26.4 Å². The minimum atomic E-state index is -0.452. The molecule has 8 nitrogen and oxygen atoms in total. The van der Waals surface area contributed by atoms with Crippen LogP contribution in [-0.4, -0.2) is 44.3 Å². The lowest BCUT2D eigenvalue weighted by atomic mass is 10.2. The Morgan fingerprint density at radius 2 is 1.59 bits per heavy atom. The minimum absolute atomic E-state index is 0.133. The predicted octanol–water partition coefficient (Wildman–Crippen LogP) is 2.09. The normalized spacial score (nSPS) is 17.4. The molecule has 1 fully saturated rings. The van der Waals surface area contributed by atoms with Crippen LogP contribution in [0.5, 0.6) is 17.2 Å². The molecule has 2 aliphatic heterocycles. The molecular weight excluding hydrogens is 376 g/mol. The van der Waals surface area contributed by atoms with Gasteiger partial charge in [0.25, 0.3) is 11.8 Å². The van der Waals surface area contributed by atoms with E-state index in [-0.39, 0.29) is 6.10 Å². The van der Waals surface area contributed by atoms with Crippen molar-refractivity contribution in [2.24, 2.45) is 0 Å². The number of carbonyl (C=O) groups is 2. The van der Waals surface area contributed by atoms with E-state index in [1.165, 1.54) is 0 Å². The van der Waals surface area contributed by atoms with Crippen molar-refractivity contribution in [3.63, 3.8) is 0 Å². The number of nitrogens with one attached hydrogen (secondary N) is 2. The molecule has 0 saturated carbocycles. The summed E-state index contributed by atoms with van der Waals surface area (Å²) in [6, 6.07) is 11.6. The van der Waals surface area contributed by atoms with Crippen molar-refractivity contribution in [3.05, 3.63) is 53.6 Å². The lowest BCUT2D eigenvalue weighted by Crippen LogP contribution is -2.41. The summed E-state index contributed by atoms with van der Waals surface area (Å²) in [6.07, 6.45) is 2.20. The molecule has 2 aromatic carbocycles. The van der Waals surface area contributed by atoms with E-state index in [4.69, 9.17) is 18.9 Å². The molecule has 0 aliphatic carbocycles. The Labute approximate surface area is 168 Å². The van der Waals surface area contributed by atoms with Gasteiger partial charge in [-0.25, -0.2) is 0 Å². The number of hydrogen-bond acceptors (Lipinski definition) is 6. The summed E-state index contributed by atoms with van der Waals surface area (Å²) in [5, 5.41) is 0. The molecule has 2 heterocycles. The van der Waals surface area contributed by atoms with Gasteiger partial charge in [-0.05, 0) is 55.3 Å². The average molecular weight is 398 g/mol. The van der Waals surface area contributed by atoms with Crippen LogP contribution < -0.4 is 25.1 Å². The first kappa shape index (κ1) is 19.1. The van der Waals surface area contributed by atoms with Gasteiger partial charge in [-0.15, -0.1) is 0 Å². The highest BCUT2D eigenvalue weighted by molar-refractivity contribution is 5.99. The number of amides is 2. The molecule has 2 amide bonds. The molecule has 29 heavy (non-hydrogen) atoms. The summed E-state index contributed by atoms with van der Waals surface area (Å²) in [4.78, 5) is 24.5. The first-order valence-corrected chi connectivity index (χ1v) is 9.54. The summed E-state index contributed by atoms with van der Waals surface area (Å²) in [7, 11) is 0. The second kappa shape index (κ2) is 8.83. The zero-order valence-corrected chi connectivity index (χ0v) is 15.8. The second-order valence-corrected chi connectivity index (χ2v) is 6.74.